The summed E-state index contributed by atoms with van der Waals surface area (Å²) in [4.78, 5) is 0. The summed E-state index contributed by atoms with van der Waals surface area (Å²) in [6, 6.07) is 0. The molecule has 46 heavy (non-hydrogen) atoms. The molecule has 15 atom stereocenters. The van der Waals surface area contributed by atoms with Crippen LogP contribution in [0.5, 0.6) is 0 Å². The molecular weight excluding hydrogens is 700 g/mol. The molecule has 0 aromatic rings. The number of ether oxygens (including phenoxy) is 6. The summed E-state index contributed by atoms with van der Waals surface area (Å²) in [7, 11) is -14.1. The van der Waals surface area contributed by atoms with Crippen molar-refractivity contribution in [3.63, 3.8) is 0 Å². The van der Waals surface area contributed by atoms with Crippen molar-refractivity contribution < 1.29 is 100 Å². The van der Waals surface area contributed by atoms with E-state index in [4.69, 9.17) is 37.5 Å². The number of aliphatic hydroxyl groups is 4. The van der Waals surface area contributed by atoms with Crippen LogP contribution in [0.4, 0.5) is 0 Å². The van der Waals surface area contributed by atoms with Crippen LogP contribution in [0, 0.1) is 11.8 Å². The molecule has 3 saturated heterocycles. The van der Waals surface area contributed by atoms with Crippen LogP contribution in [0.1, 0.15) is 20.8 Å². The first-order valence-electron chi connectivity index (χ1n) is 13.4. The van der Waals surface area contributed by atoms with Crippen molar-refractivity contribution in [2.45, 2.75) is 101 Å². The third kappa shape index (κ3) is 10.4. The molecule has 25 heteroatoms. The first kappa shape index (κ1) is 39.6. The molecule has 0 aromatic carbocycles. The zero-order valence-electron chi connectivity index (χ0n) is 24.6. The van der Waals surface area contributed by atoms with E-state index in [2.05, 4.69) is 12.5 Å². The van der Waals surface area contributed by atoms with Gasteiger partial charge in [0, 0.05) is 18.9 Å². The number of hydrogen-bond donors (Lipinski definition) is 7. The van der Waals surface area contributed by atoms with Crippen molar-refractivity contribution in [3.05, 3.63) is 0 Å². The van der Waals surface area contributed by atoms with Crippen LogP contribution >= 0.6 is 0 Å². The molecular formula is C21H38O22S3. The van der Waals surface area contributed by atoms with Gasteiger partial charge in [-0.25, -0.2) is 12.5 Å². The van der Waals surface area contributed by atoms with Gasteiger partial charge in [-0.3, -0.25) is 13.7 Å². The van der Waals surface area contributed by atoms with Gasteiger partial charge in [0.1, 0.15) is 36.6 Å². The Hall–Kier alpha value is -0.790. The summed E-state index contributed by atoms with van der Waals surface area (Å²) in [5.41, 5.74) is 0. The SMILES string of the molecule is COC1OC(COS(=O)(=O)O)C(O[C@@H]2O[C@@H](C)[C@@H](OC3OC(COS(=O)(=O)O)C(O)[C@H](O)[C@@H]3C)C(O)C2OS(=O)(=O)O)[C@H](O)[C@@H]1C. The fourth-order valence-electron chi connectivity index (χ4n) is 5.14. The van der Waals surface area contributed by atoms with Gasteiger partial charge in [-0.2, -0.15) is 25.3 Å². The smallest absolute Gasteiger partial charge is 0.390 e. The minimum Gasteiger partial charge on any atom is -0.390 e. The molecule has 0 bridgehead atoms. The van der Waals surface area contributed by atoms with Crippen LogP contribution in [0.3, 0.4) is 0 Å². The Morgan fingerprint density at radius 1 is 0.565 bits per heavy atom. The van der Waals surface area contributed by atoms with Crippen LogP contribution in [0.15, 0.2) is 0 Å². The van der Waals surface area contributed by atoms with E-state index in [0.717, 1.165) is 0 Å². The van der Waals surface area contributed by atoms with E-state index in [-0.39, 0.29) is 0 Å². The Morgan fingerprint density at radius 3 is 1.59 bits per heavy atom. The van der Waals surface area contributed by atoms with Gasteiger partial charge < -0.3 is 48.8 Å². The highest BCUT2D eigenvalue weighted by molar-refractivity contribution is 7.81. The standard InChI is InChI=1S/C21H38O22S3/c1-7-12(22)14(24)10(5-36-44(26,27)28)39-20(7)41-16-9(3)38-21(18(15(16)25)43-46(32,33)34)42-17-11(6-37-45(29,30)31)40-19(35-4)8(2)13(17)23/h7-25H,5-6H2,1-4H3,(H,26,27,28)(H,29,30,31)(H,32,33,34)/t7-,8-,9-,10?,11?,12+,13+,14?,15?,16+,17?,18?,19?,20?,21-/m0/s1. The van der Waals surface area contributed by atoms with Crippen LogP contribution in [0.25, 0.3) is 0 Å². The molecule has 3 aliphatic rings. The molecule has 3 heterocycles. The largest absolute Gasteiger partial charge is 0.397 e. The third-order valence-electron chi connectivity index (χ3n) is 7.55. The zero-order valence-corrected chi connectivity index (χ0v) is 27.0. The van der Waals surface area contributed by atoms with Crippen LogP contribution < -0.4 is 0 Å². The van der Waals surface area contributed by atoms with E-state index in [1.165, 1.54) is 27.9 Å². The quantitative estimate of drug-likeness (QED) is 0.0889. The second-order valence-electron chi connectivity index (χ2n) is 10.8. The molecule has 0 aliphatic carbocycles. The van der Waals surface area contributed by atoms with E-state index in [0.29, 0.717) is 0 Å². The number of hydrogen-bond acceptors (Lipinski definition) is 19. The average molecular weight is 739 g/mol. The first-order valence-corrected chi connectivity index (χ1v) is 17.5. The fraction of sp³-hybridized carbons (Fsp3) is 1.00. The molecule has 3 fully saturated rings. The van der Waals surface area contributed by atoms with Crippen molar-refractivity contribution >= 4 is 31.2 Å². The van der Waals surface area contributed by atoms with Gasteiger partial charge in [0.05, 0.1) is 31.5 Å². The van der Waals surface area contributed by atoms with Crippen molar-refractivity contribution in [3.8, 4) is 0 Å². The predicted molar refractivity (Wildman–Crippen MR) is 142 cm³/mol. The maximum atomic E-state index is 11.8. The lowest BCUT2D eigenvalue weighted by molar-refractivity contribution is -0.365. The molecule has 7 N–H and O–H groups in total. The van der Waals surface area contributed by atoms with Gasteiger partial charge in [0.25, 0.3) is 0 Å². The summed E-state index contributed by atoms with van der Waals surface area (Å²) in [6.07, 6.45) is -21.5. The van der Waals surface area contributed by atoms with Gasteiger partial charge in [-0.05, 0) is 6.92 Å². The van der Waals surface area contributed by atoms with Gasteiger partial charge in [0.15, 0.2) is 25.0 Å². The average Bonchev–Trinajstić information content (AvgIpc) is 2.92. The maximum absolute atomic E-state index is 11.8. The van der Waals surface area contributed by atoms with Gasteiger partial charge in [-0.1, -0.05) is 13.8 Å². The van der Waals surface area contributed by atoms with Gasteiger partial charge in [0.2, 0.25) is 0 Å². The summed E-state index contributed by atoms with van der Waals surface area (Å²) in [5, 5.41) is 42.9. The topological polar surface area (TPSA) is 327 Å². The number of rotatable bonds is 13. The fourth-order valence-corrected chi connectivity index (χ4v) is 6.24. The molecule has 3 aliphatic heterocycles. The third-order valence-corrected chi connectivity index (χ3v) is 8.88. The summed E-state index contributed by atoms with van der Waals surface area (Å²) < 4.78 is 142. The molecule has 0 radical (unpaired) electrons. The van der Waals surface area contributed by atoms with E-state index in [1.54, 1.807) is 0 Å². The first-order chi connectivity index (χ1) is 21.0. The summed E-state index contributed by atoms with van der Waals surface area (Å²) >= 11 is 0. The lowest BCUT2D eigenvalue weighted by Gasteiger charge is -2.48. The Morgan fingerprint density at radius 2 is 1.07 bits per heavy atom. The van der Waals surface area contributed by atoms with Crippen LogP contribution in [0.2, 0.25) is 0 Å². The van der Waals surface area contributed by atoms with Gasteiger partial charge in [-0.15, -0.1) is 0 Å². The monoisotopic (exact) mass is 738 g/mol. The highest BCUT2D eigenvalue weighted by Gasteiger charge is 2.54. The maximum Gasteiger partial charge on any atom is 0.397 e. The van der Waals surface area contributed by atoms with Crippen molar-refractivity contribution in [2.24, 2.45) is 11.8 Å². The molecule has 0 aromatic heterocycles. The highest BCUT2D eigenvalue weighted by Crippen LogP contribution is 2.36. The highest BCUT2D eigenvalue weighted by atomic mass is 32.3. The second kappa shape index (κ2) is 15.4. The van der Waals surface area contributed by atoms with Crippen molar-refractivity contribution in [1.29, 1.82) is 0 Å². The molecule has 0 amide bonds. The van der Waals surface area contributed by atoms with E-state index in [1.807, 2.05) is 0 Å². The van der Waals surface area contributed by atoms with Crippen molar-refractivity contribution in [1.82, 2.24) is 0 Å². The van der Waals surface area contributed by atoms with Gasteiger partial charge >= 0.3 is 31.2 Å². The number of aliphatic hydroxyl groups excluding tert-OH is 4. The minimum absolute atomic E-state index is 0.871. The molecule has 0 saturated carbocycles. The Balaban J connectivity index is 1.86. The molecule has 0 spiro atoms. The second-order valence-corrected chi connectivity index (χ2v) is 14.1. The number of methoxy groups -OCH3 is 1. The lowest BCUT2D eigenvalue weighted by atomic mass is 9.91. The van der Waals surface area contributed by atoms with Crippen LogP contribution in [-0.2, 0) is 72.2 Å². The summed E-state index contributed by atoms with van der Waals surface area (Å²) in [6.45, 7) is 2.17. The minimum atomic E-state index is -5.37. The molecule has 272 valence electrons. The van der Waals surface area contributed by atoms with E-state index >= 15 is 0 Å². The van der Waals surface area contributed by atoms with E-state index in [9.17, 15) is 50.2 Å². The Bertz CT molecular complexity index is 1330. The zero-order chi connectivity index (χ0) is 34.9. The predicted octanol–water partition coefficient (Wildman–Crippen LogP) is -3.86. The molecule has 3 rings (SSSR count). The van der Waals surface area contributed by atoms with Crippen molar-refractivity contribution in [2.75, 3.05) is 20.3 Å². The lowest BCUT2D eigenvalue weighted by Crippen LogP contribution is -2.65. The molecule has 8 unspecified atom stereocenters. The summed E-state index contributed by atoms with van der Waals surface area (Å²) in [5.74, 6) is -1.95. The normalized spacial score (nSPS) is 43.0. The van der Waals surface area contributed by atoms with E-state index < -0.39 is 136 Å². The van der Waals surface area contributed by atoms with Crippen LogP contribution in [-0.4, -0.2) is 160 Å². The molecule has 22 nitrogen and oxygen atoms in total. The Kier molecular flexibility index (Phi) is 13.3. The Labute approximate surface area is 264 Å².